The second kappa shape index (κ2) is 4.28. The van der Waals surface area contributed by atoms with Gasteiger partial charge in [-0.15, -0.1) is 11.6 Å². The fraction of sp³-hybridized carbons (Fsp3) is 0.143. The number of carbonyl (C=O) groups is 1. The van der Waals surface area contributed by atoms with E-state index in [1.165, 1.54) is 0 Å². The molecule has 1 heterocycles. The fourth-order valence-corrected chi connectivity index (χ4v) is 1.15. The number of halogens is 2. The topological polar surface area (TPSA) is 33.2 Å². The minimum absolute atomic E-state index is 0.000648. The maximum atomic E-state index is 10.7. The molecule has 0 bridgehead atoms. The van der Waals surface area contributed by atoms with Gasteiger partial charge in [0.2, 0.25) is 0 Å². The molecule has 0 radical (unpaired) electrons. The van der Waals surface area contributed by atoms with Crippen LogP contribution in [0.3, 0.4) is 0 Å². The van der Waals surface area contributed by atoms with Gasteiger partial charge >= 0.3 is 5.37 Å². The maximum absolute atomic E-state index is 10.7. The van der Waals surface area contributed by atoms with E-state index >= 15 is 0 Å². The third-order valence-corrected chi connectivity index (χ3v) is 1.70. The zero-order chi connectivity index (χ0) is 8.97. The average Bonchev–Trinajstić information content (AvgIpc) is 2.07. The van der Waals surface area contributed by atoms with Gasteiger partial charge in [0.15, 0.2) is 0 Å². The number of carbonyl (C=O) groups excluding carboxylic acids is 1. The highest BCUT2D eigenvalue weighted by atomic mass is 35.5. The lowest BCUT2D eigenvalue weighted by molar-refractivity contribution is 0.264. The zero-order valence-corrected chi connectivity index (χ0v) is 7.59. The Morgan fingerprint density at radius 2 is 2.33 bits per heavy atom. The van der Waals surface area contributed by atoms with Crippen molar-refractivity contribution in [3.05, 3.63) is 24.4 Å². The van der Waals surface area contributed by atoms with Crippen LogP contribution in [0.5, 0.6) is 0 Å². The second-order valence-corrected chi connectivity index (χ2v) is 2.55. The zero-order valence-electron chi connectivity index (χ0n) is 6.08. The van der Waals surface area contributed by atoms with Crippen LogP contribution in [0.15, 0.2) is 24.4 Å². The van der Waals surface area contributed by atoms with Crippen molar-refractivity contribution in [1.82, 2.24) is 4.98 Å². The van der Waals surface area contributed by atoms with E-state index in [-0.39, 0.29) is 6.00 Å². The molecule has 3 nitrogen and oxygen atoms in total. The van der Waals surface area contributed by atoms with Crippen molar-refractivity contribution >= 4 is 34.4 Å². The summed E-state index contributed by atoms with van der Waals surface area (Å²) in [7, 11) is 0. The van der Waals surface area contributed by atoms with Crippen LogP contribution in [-0.2, 0) is 0 Å². The van der Waals surface area contributed by atoms with E-state index in [2.05, 4.69) is 4.98 Å². The molecule has 0 unspecified atom stereocenters. The van der Waals surface area contributed by atoms with Crippen molar-refractivity contribution in [1.29, 1.82) is 0 Å². The van der Waals surface area contributed by atoms with Crippen LogP contribution in [0.2, 0.25) is 0 Å². The van der Waals surface area contributed by atoms with Crippen LogP contribution in [0.4, 0.5) is 10.6 Å². The first-order chi connectivity index (χ1) is 5.75. The third kappa shape index (κ3) is 2.09. The smallest absolute Gasteiger partial charge is 0.269 e. The van der Waals surface area contributed by atoms with Crippen molar-refractivity contribution in [2.75, 3.05) is 10.9 Å². The SMILES string of the molecule is O=C(Cl)N(CCl)c1ccccn1. The molecule has 0 spiro atoms. The highest BCUT2D eigenvalue weighted by Gasteiger charge is 2.11. The quantitative estimate of drug-likeness (QED) is 0.422. The van der Waals surface area contributed by atoms with Crippen LogP contribution in [0.1, 0.15) is 0 Å². The van der Waals surface area contributed by atoms with Crippen molar-refractivity contribution in [2.24, 2.45) is 0 Å². The lowest BCUT2D eigenvalue weighted by Gasteiger charge is -2.13. The molecule has 12 heavy (non-hydrogen) atoms. The van der Waals surface area contributed by atoms with E-state index in [9.17, 15) is 4.79 Å². The summed E-state index contributed by atoms with van der Waals surface area (Å²) in [6.45, 7) is 0. The van der Waals surface area contributed by atoms with Crippen molar-refractivity contribution in [2.45, 2.75) is 0 Å². The predicted molar refractivity (Wildman–Crippen MR) is 48.7 cm³/mol. The summed E-state index contributed by atoms with van der Waals surface area (Å²) in [5.41, 5.74) is 0. The first kappa shape index (κ1) is 9.29. The largest absolute Gasteiger partial charge is 0.323 e. The molecule has 64 valence electrons. The number of rotatable bonds is 2. The number of aromatic nitrogens is 1. The van der Waals surface area contributed by atoms with Crippen LogP contribution in [-0.4, -0.2) is 16.4 Å². The minimum Gasteiger partial charge on any atom is -0.269 e. The summed E-state index contributed by atoms with van der Waals surface area (Å²) in [6.07, 6.45) is 1.56. The Labute approximate surface area is 79.9 Å². The average molecular weight is 205 g/mol. The molecule has 0 saturated heterocycles. The van der Waals surface area contributed by atoms with E-state index in [1.54, 1.807) is 24.4 Å². The summed E-state index contributed by atoms with van der Waals surface area (Å²) in [4.78, 5) is 15.8. The van der Waals surface area contributed by atoms with Gasteiger partial charge in [-0.1, -0.05) is 6.07 Å². The molecule has 0 aliphatic rings. The fourth-order valence-electron chi connectivity index (χ4n) is 0.712. The summed E-state index contributed by atoms with van der Waals surface area (Å²) >= 11 is 10.7. The summed E-state index contributed by atoms with van der Waals surface area (Å²) in [5.74, 6) is 0.451. The van der Waals surface area contributed by atoms with Gasteiger partial charge in [-0.2, -0.15) is 0 Å². The minimum atomic E-state index is -0.635. The van der Waals surface area contributed by atoms with Crippen LogP contribution >= 0.6 is 23.2 Å². The normalized spacial score (nSPS) is 9.50. The van der Waals surface area contributed by atoms with Crippen LogP contribution in [0.25, 0.3) is 0 Å². The van der Waals surface area contributed by atoms with E-state index in [0.717, 1.165) is 4.90 Å². The molecule has 0 aliphatic heterocycles. The Balaban J connectivity index is 2.88. The van der Waals surface area contributed by atoms with Gasteiger partial charge in [-0.05, 0) is 23.7 Å². The molecule has 1 amide bonds. The molecule has 5 heteroatoms. The second-order valence-electron chi connectivity index (χ2n) is 1.99. The summed E-state index contributed by atoms with van der Waals surface area (Å²) < 4.78 is 0. The lowest BCUT2D eigenvalue weighted by atomic mass is 10.4. The van der Waals surface area contributed by atoms with E-state index in [4.69, 9.17) is 23.2 Å². The number of nitrogens with zero attached hydrogens (tertiary/aromatic N) is 2. The summed E-state index contributed by atoms with van der Waals surface area (Å²) in [5, 5.41) is -0.635. The molecule has 0 aromatic carbocycles. The molecule has 1 rings (SSSR count). The molecule has 1 aromatic rings. The van der Waals surface area contributed by atoms with Crippen molar-refractivity contribution in [3.63, 3.8) is 0 Å². The molecular weight excluding hydrogens is 199 g/mol. The van der Waals surface area contributed by atoms with Gasteiger partial charge in [0.1, 0.15) is 11.8 Å². The highest BCUT2D eigenvalue weighted by Crippen LogP contribution is 2.12. The predicted octanol–water partition coefficient (Wildman–Crippen LogP) is 2.44. The van der Waals surface area contributed by atoms with Gasteiger partial charge in [0, 0.05) is 6.20 Å². The highest BCUT2D eigenvalue weighted by molar-refractivity contribution is 6.66. The van der Waals surface area contributed by atoms with Crippen molar-refractivity contribution < 1.29 is 4.79 Å². The van der Waals surface area contributed by atoms with Crippen LogP contribution in [0, 0.1) is 0 Å². The standard InChI is InChI=1S/C7H6Cl2N2O/c8-5-11(7(9)12)6-3-1-2-4-10-6/h1-4H,5H2. The monoisotopic (exact) mass is 204 g/mol. The number of alkyl halides is 1. The molecule has 0 aliphatic carbocycles. The molecule has 0 atom stereocenters. The molecule has 0 saturated carbocycles. The van der Waals surface area contributed by atoms with Gasteiger partial charge < -0.3 is 0 Å². The number of hydrogen-bond donors (Lipinski definition) is 0. The van der Waals surface area contributed by atoms with E-state index in [1.807, 2.05) is 0 Å². The van der Waals surface area contributed by atoms with E-state index in [0.29, 0.717) is 5.82 Å². The van der Waals surface area contributed by atoms with Crippen LogP contribution < -0.4 is 4.90 Å². The Bertz CT molecular complexity index is 265. The maximum Gasteiger partial charge on any atom is 0.323 e. The Kier molecular flexibility index (Phi) is 3.31. The summed E-state index contributed by atoms with van der Waals surface area (Å²) in [6, 6.07) is 5.15. The number of pyridine rings is 1. The number of amides is 1. The molecule has 0 N–H and O–H groups in total. The lowest BCUT2D eigenvalue weighted by Crippen LogP contribution is -2.24. The molecule has 0 fully saturated rings. The number of anilines is 1. The van der Waals surface area contributed by atoms with Gasteiger partial charge in [0.25, 0.3) is 0 Å². The Morgan fingerprint density at radius 3 is 2.75 bits per heavy atom. The Hall–Kier alpha value is -0.800. The molecular formula is C7H6Cl2N2O. The first-order valence-corrected chi connectivity index (χ1v) is 4.11. The third-order valence-electron chi connectivity index (χ3n) is 1.26. The molecule has 1 aromatic heterocycles. The number of hydrogen-bond acceptors (Lipinski definition) is 2. The first-order valence-electron chi connectivity index (χ1n) is 3.19. The Morgan fingerprint density at radius 1 is 1.58 bits per heavy atom. The van der Waals surface area contributed by atoms with Gasteiger partial charge in [0.05, 0.1) is 0 Å². The van der Waals surface area contributed by atoms with E-state index < -0.39 is 5.37 Å². The van der Waals surface area contributed by atoms with Gasteiger partial charge in [-0.25, -0.2) is 4.98 Å². The van der Waals surface area contributed by atoms with Crippen molar-refractivity contribution in [3.8, 4) is 0 Å². The van der Waals surface area contributed by atoms with Gasteiger partial charge in [-0.3, -0.25) is 9.69 Å².